The number of carbonyl (C=O) groups excluding carboxylic acids is 1. The Balaban J connectivity index is 1.51. The maximum atomic E-state index is 13.2. The van der Waals surface area contributed by atoms with E-state index in [2.05, 4.69) is 10.4 Å². The van der Waals surface area contributed by atoms with E-state index in [4.69, 9.17) is 9.47 Å². The highest BCUT2D eigenvalue weighted by atomic mass is 19.4. The number of methoxy groups -OCH3 is 1. The van der Waals surface area contributed by atoms with Crippen LogP contribution in [0.5, 0.6) is 11.5 Å². The number of fused-ring (bicyclic) bond motifs is 1. The molecule has 0 radical (unpaired) electrons. The molecule has 0 saturated heterocycles. The zero-order valence-electron chi connectivity index (χ0n) is 15.5. The third-order valence-corrected chi connectivity index (χ3v) is 4.60. The SMILES string of the molecule is COc1ccc(OCC(=O)NCCn2nc(C(F)(F)F)c3c2CCCC3)cc1. The van der Waals surface area contributed by atoms with E-state index in [1.165, 1.54) is 4.68 Å². The molecule has 0 saturated carbocycles. The van der Waals surface area contributed by atoms with Crippen molar-refractivity contribution in [3.63, 3.8) is 0 Å². The summed E-state index contributed by atoms with van der Waals surface area (Å²) in [6.07, 6.45) is -1.90. The zero-order valence-corrected chi connectivity index (χ0v) is 15.5. The van der Waals surface area contributed by atoms with Gasteiger partial charge in [-0.05, 0) is 49.9 Å². The van der Waals surface area contributed by atoms with E-state index < -0.39 is 11.9 Å². The van der Waals surface area contributed by atoms with Gasteiger partial charge in [0.1, 0.15) is 11.5 Å². The van der Waals surface area contributed by atoms with Crippen LogP contribution in [0, 0.1) is 0 Å². The quantitative estimate of drug-likeness (QED) is 0.780. The van der Waals surface area contributed by atoms with E-state index in [9.17, 15) is 18.0 Å². The number of alkyl halides is 3. The van der Waals surface area contributed by atoms with E-state index in [0.717, 1.165) is 12.8 Å². The fourth-order valence-electron chi connectivity index (χ4n) is 3.26. The first kappa shape index (κ1) is 20.0. The summed E-state index contributed by atoms with van der Waals surface area (Å²) in [6.45, 7) is 0.181. The summed E-state index contributed by atoms with van der Waals surface area (Å²) < 4.78 is 51.3. The summed E-state index contributed by atoms with van der Waals surface area (Å²) in [7, 11) is 1.55. The highest BCUT2D eigenvalue weighted by molar-refractivity contribution is 5.77. The molecule has 0 unspecified atom stereocenters. The molecular weight excluding hydrogens is 375 g/mol. The van der Waals surface area contributed by atoms with Crippen molar-refractivity contribution in [2.24, 2.45) is 0 Å². The number of hydrogen-bond acceptors (Lipinski definition) is 4. The minimum absolute atomic E-state index is 0.177. The van der Waals surface area contributed by atoms with E-state index in [1.807, 2.05) is 0 Å². The minimum atomic E-state index is -4.46. The van der Waals surface area contributed by atoms with E-state index in [-0.39, 0.29) is 25.6 Å². The van der Waals surface area contributed by atoms with Crippen LogP contribution in [-0.2, 0) is 30.4 Å². The summed E-state index contributed by atoms with van der Waals surface area (Å²) in [5.41, 5.74) is 0.131. The normalized spacial score (nSPS) is 13.7. The fourth-order valence-corrected chi connectivity index (χ4v) is 3.26. The van der Waals surface area contributed by atoms with Gasteiger partial charge in [0, 0.05) is 17.8 Å². The summed E-state index contributed by atoms with van der Waals surface area (Å²) >= 11 is 0. The molecule has 1 heterocycles. The van der Waals surface area contributed by atoms with Gasteiger partial charge in [-0.3, -0.25) is 9.48 Å². The predicted molar refractivity (Wildman–Crippen MR) is 95.4 cm³/mol. The number of rotatable bonds is 7. The molecule has 0 fully saturated rings. The van der Waals surface area contributed by atoms with Crippen molar-refractivity contribution in [3.05, 3.63) is 41.2 Å². The lowest BCUT2D eigenvalue weighted by molar-refractivity contribution is -0.142. The second-order valence-electron chi connectivity index (χ2n) is 6.52. The number of halogens is 3. The number of hydrogen-bond donors (Lipinski definition) is 1. The molecule has 1 aliphatic rings. The van der Waals surface area contributed by atoms with Crippen molar-refractivity contribution < 1.29 is 27.4 Å². The maximum absolute atomic E-state index is 13.2. The Morgan fingerprint density at radius 2 is 1.86 bits per heavy atom. The molecular formula is C19H22F3N3O3. The van der Waals surface area contributed by atoms with Crippen LogP contribution in [0.3, 0.4) is 0 Å². The number of carbonyl (C=O) groups is 1. The smallest absolute Gasteiger partial charge is 0.435 e. The molecule has 1 aromatic heterocycles. The number of aromatic nitrogens is 2. The van der Waals surface area contributed by atoms with Crippen molar-refractivity contribution in [1.82, 2.24) is 15.1 Å². The second kappa shape index (κ2) is 8.53. The summed E-state index contributed by atoms with van der Waals surface area (Å²) in [5, 5.41) is 6.42. The highest BCUT2D eigenvalue weighted by Gasteiger charge is 2.39. The molecule has 152 valence electrons. The van der Waals surface area contributed by atoms with Gasteiger partial charge in [0.25, 0.3) is 5.91 Å². The molecule has 0 aliphatic heterocycles. The zero-order chi connectivity index (χ0) is 20.1. The van der Waals surface area contributed by atoms with Crippen LogP contribution >= 0.6 is 0 Å². The van der Waals surface area contributed by atoms with Crippen LogP contribution in [0.15, 0.2) is 24.3 Å². The van der Waals surface area contributed by atoms with Gasteiger partial charge < -0.3 is 14.8 Å². The Morgan fingerprint density at radius 3 is 2.54 bits per heavy atom. The third-order valence-electron chi connectivity index (χ3n) is 4.60. The summed E-state index contributed by atoms with van der Waals surface area (Å²) in [6, 6.07) is 6.79. The van der Waals surface area contributed by atoms with E-state index >= 15 is 0 Å². The molecule has 0 bridgehead atoms. The molecule has 28 heavy (non-hydrogen) atoms. The number of nitrogens with zero attached hydrogens (tertiary/aromatic N) is 2. The lowest BCUT2D eigenvalue weighted by atomic mass is 9.95. The molecule has 0 atom stereocenters. The van der Waals surface area contributed by atoms with E-state index in [1.54, 1.807) is 31.4 Å². The standard InChI is InChI=1S/C19H22F3N3O3/c1-27-13-6-8-14(9-7-13)28-12-17(26)23-10-11-25-16-5-3-2-4-15(16)18(24-25)19(20,21)22/h6-9H,2-5,10-12H2,1H3,(H,23,26). The van der Waals surface area contributed by atoms with Gasteiger partial charge in [-0.15, -0.1) is 0 Å². The Labute approximate surface area is 160 Å². The first-order chi connectivity index (χ1) is 13.4. The van der Waals surface area contributed by atoms with Gasteiger partial charge in [0.2, 0.25) is 0 Å². The Kier molecular flexibility index (Phi) is 6.11. The van der Waals surface area contributed by atoms with Gasteiger partial charge >= 0.3 is 6.18 Å². The van der Waals surface area contributed by atoms with Crippen LogP contribution in [-0.4, -0.2) is 35.9 Å². The van der Waals surface area contributed by atoms with Gasteiger partial charge in [-0.25, -0.2) is 0 Å². The average molecular weight is 397 g/mol. The lowest BCUT2D eigenvalue weighted by Crippen LogP contribution is -2.32. The van der Waals surface area contributed by atoms with Gasteiger partial charge in [-0.1, -0.05) is 0 Å². The Hall–Kier alpha value is -2.71. The maximum Gasteiger partial charge on any atom is 0.435 e. The van der Waals surface area contributed by atoms with Crippen LogP contribution in [0.25, 0.3) is 0 Å². The number of amides is 1. The summed E-state index contributed by atoms with van der Waals surface area (Å²) in [4.78, 5) is 11.9. The van der Waals surface area contributed by atoms with Crippen molar-refractivity contribution in [3.8, 4) is 11.5 Å². The van der Waals surface area contributed by atoms with Crippen molar-refractivity contribution >= 4 is 5.91 Å². The molecule has 3 rings (SSSR count). The molecule has 1 aromatic carbocycles. The molecule has 1 amide bonds. The van der Waals surface area contributed by atoms with Crippen LogP contribution < -0.4 is 14.8 Å². The predicted octanol–water partition coefficient (Wildman–Crippen LogP) is 2.98. The highest BCUT2D eigenvalue weighted by Crippen LogP contribution is 2.35. The minimum Gasteiger partial charge on any atom is -0.497 e. The first-order valence-corrected chi connectivity index (χ1v) is 9.08. The topological polar surface area (TPSA) is 65.4 Å². The second-order valence-corrected chi connectivity index (χ2v) is 6.52. The van der Waals surface area contributed by atoms with Gasteiger partial charge in [0.05, 0.1) is 13.7 Å². The van der Waals surface area contributed by atoms with Crippen LogP contribution in [0.1, 0.15) is 29.8 Å². The molecule has 9 heteroatoms. The fraction of sp³-hybridized carbons (Fsp3) is 0.474. The average Bonchev–Trinajstić information content (AvgIpc) is 3.06. The number of nitrogens with one attached hydrogen (secondary N) is 1. The van der Waals surface area contributed by atoms with Crippen LogP contribution in [0.4, 0.5) is 13.2 Å². The Morgan fingerprint density at radius 1 is 1.18 bits per heavy atom. The molecule has 0 spiro atoms. The van der Waals surface area contributed by atoms with Crippen LogP contribution in [0.2, 0.25) is 0 Å². The first-order valence-electron chi connectivity index (χ1n) is 9.08. The lowest BCUT2D eigenvalue weighted by Gasteiger charge is -2.15. The van der Waals surface area contributed by atoms with Crippen molar-refractivity contribution in [2.75, 3.05) is 20.3 Å². The number of benzene rings is 1. The van der Waals surface area contributed by atoms with E-state index in [0.29, 0.717) is 35.6 Å². The monoisotopic (exact) mass is 397 g/mol. The summed E-state index contributed by atoms with van der Waals surface area (Å²) in [5.74, 6) is 0.845. The molecule has 1 aliphatic carbocycles. The van der Waals surface area contributed by atoms with Crippen molar-refractivity contribution in [2.45, 2.75) is 38.4 Å². The molecule has 6 nitrogen and oxygen atoms in total. The Bertz CT molecular complexity index is 816. The largest absolute Gasteiger partial charge is 0.497 e. The molecule has 2 aromatic rings. The van der Waals surface area contributed by atoms with Gasteiger partial charge in [0.15, 0.2) is 12.3 Å². The molecule has 1 N–H and O–H groups in total. The van der Waals surface area contributed by atoms with Crippen molar-refractivity contribution in [1.29, 1.82) is 0 Å². The number of ether oxygens (including phenoxy) is 2. The third kappa shape index (κ3) is 4.76. The van der Waals surface area contributed by atoms with Gasteiger partial charge in [-0.2, -0.15) is 18.3 Å².